The Balaban J connectivity index is 1.85. The van der Waals surface area contributed by atoms with Gasteiger partial charge in [0.2, 0.25) is 0 Å². The second-order valence-electron chi connectivity index (χ2n) is 3.68. The summed E-state index contributed by atoms with van der Waals surface area (Å²) in [6.07, 6.45) is 4.54. The summed E-state index contributed by atoms with van der Waals surface area (Å²) in [5.41, 5.74) is 2.74. The SMILES string of the molecule is c1ccc2c(c1)CCN2Cn1nccn1. The van der Waals surface area contributed by atoms with E-state index in [1.807, 2.05) is 0 Å². The van der Waals surface area contributed by atoms with Crippen molar-refractivity contribution in [3.63, 3.8) is 0 Å². The molecule has 0 fully saturated rings. The molecule has 3 rings (SSSR count). The molecule has 4 heteroatoms. The molecule has 0 unspecified atom stereocenters. The highest BCUT2D eigenvalue weighted by Gasteiger charge is 2.18. The lowest BCUT2D eigenvalue weighted by molar-refractivity contribution is 0.521. The van der Waals surface area contributed by atoms with Crippen molar-refractivity contribution in [3.8, 4) is 0 Å². The Hall–Kier alpha value is -1.84. The molecule has 0 atom stereocenters. The number of aromatic nitrogens is 3. The Morgan fingerprint density at radius 1 is 1.13 bits per heavy atom. The van der Waals surface area contributed by atoms with Crippen LogP contribution in [-0.4, -0.2) is 21.5 Å². The zero-order valence-electron chi connectivity index (χ0n) is 8.37. The lowest BCUT2D eigenvalue weighted by atomic mass is 10.2. The molecule has 0 spiro atoms. The highest BCUT2D eigenvalue weighted by Crippen LogP contribution is 2.27. The molecule has 4 nitrogen and oxygen atoms in total. The number of anilines is 1. The number of benzene rings is 1. The molecule has 0 bridgehead atoms. The van der Waals surface area contributed by atoms with Gasteiger partial charge in [-0.2, -0.15) is 15.0 Å². The summed E-state index contributed by atoms with van der Waals surface area (Å²) in [5.74, 6) is 0. The van der Waals surface area contributed by atoms with Crippen molar-refractivity contribution < 1.29 is 0 Å². The molecule has 0 radical (unpaired) electrons. The number of fused-ring (bicyclic) bond motifs is 1. The van der Waals surface area contributed by atoms with E-state index in [-0.39, 0.29) is 0 Å². The van der Waals surface area contributed by atoms with Crippen molar-refractivity contribution >= 4 is 5.69 Å². The van der Waals surface area contributed by atoms with Crippen LogP contribution in [0.2, 0.25) is 0 Å². The van der Waals surface area contributed by atoms with E-state index in [2.05, 4.69) is 39.4 Å². The van der Waals surface area contributed by atoms with Crippen LogP contribution < -0.4 is 4.90 Å². The minimum atomic E-state index is 0.740. The number of rotatable bonds is 2. The van der Waals surface area contributed by atoms with Gasteiger partial charge in [-0.1, -0.05) is 18.2 Å². The van der Waals surface area contributed by atoms with E-state index in [0.29, 0.717) is 0 Å². The fraction of sp³-hybridized carbons (Fsp3) is 0.273. The number of hydrogen-bond acceptors (Lipinski definition) is 3. The standard InChI is InChI=1S/C11H12N4/c1-2-4-11-10(3-1)5-8-14(11)9-15-12-6-7-13-15/h1-4,6-7H,5,8-9H2. The van der Waals surface area contributed by atoms with Gasteiger partial charge in [0.05, 0.1) is 12.4 Å². The summed E-state index contributed by atoms with van der Waals surface area (Å²) < 4.78 is 0. The van der Waals surface area contributed by atoms with Crippen molar-refractivity contribution in [1.82, 2.24) is 15.0 Å². The maximum atomic E-state index is 4.12. The topological polar surface area (TPSA) is 34.0 Å². The van der Waals surface area contributed by atoms with Crippen molar-refractivity contribution in [2.75, 3.05) is 11.4 Å². The van der Waals surface area contributed by atoms with E-state index in [1.54, 1.807) is 17.2 Å². The summed E-state index contributed by atoms with van der Waals surface area (Å²) in [7, 11) is 0. The number of nitrogens with zero attached hydrogens (tertiary/aromatic N) is 4. The molecule has 1 aliphatic rings. The van der Waals surface area contributed by atoms with Gasteiger partial charge >= 0.3 is 0 Å². The van der Waals surface area contributed by atoms with Gasteiger partial charge in [-0.15, -0.1) is 0 Å². The molecule has 0 aliphatic carbocycles. The van der Waals surface area contributed by atoms with Gasteiger partial charge in [0.15, 0.2) is 0 Å². The van der Waals surface area contributed by atoms with E-state index < -0.39 is 0 Å². The van der Waals surface area contributed by atoms with E-state index in [0.717, 1.165) is 19.6 Å². The molecule has 0 saturated carbocycles. The molecular formula is C11H12N4. The largest absolute Gasteiger partial charge is 0.350 e. The van der Waals surface area contributed by atoms with Crippen molar-refractivity contribution in [3.05, 3.63) is 42.2 Å². The molecular weight excluding hydrogens is 188 g/mol. The summed E-state index contributed by atoms with van der Waals surface area (Å²) in [6, 6.07) is 8.51. The summed E-state index contributed by atoms with van der Waals surface area (Å²) in [5, 5.41) is 8.23. The Morgan fingerprint density at radius 3 is 2.80 bits per heavy atom. The number of hydrogen-bond donors (Lipinski definition) is 0. The quantitative estimate of drug-likeness (QED) is 0.732. The van der Waals surface area contributed by atoms with Gasteiger partial charge in [-0.3, -0.25) is 0 Å². The van der Waals surface area contributed by atoms with Crippen molar-refractivity contribution in [2.24, 2.45) is 0 Å². The second kappa shape index (κ2) is 3.38. The first-order valence-electron chi connectivity index (χ1n) is 5.10. The van der Waals surface area contributed by atoms with E-state index in [9.17, 15) is 0 Å². The van der Waals surface area contributed by atoms with E-state index >= 15 is 0 Å². The molecule has 0 saturated heterocycles. The van der Waals surface area contributed by atoms with Gasteiger partial charge in [0.25, 0.3) is 0 Å². The van der Waals surface area contributed by atoms with Gasteiger partial charge in [0, 0.05) is 12.2 Å². The van der Waals surface area contributed by atoms with Crippen LogP contribution in [0.4, 0.5) is 5.69 Å². The van der Waals surface area contributed by atoms with Crippen LogP contribution in [0.1, 0.15) is 5.56 Å². The lowest BCUT2D eigenvalue weighted by Crippen LogP contribution is -2.25. The van der Waals surface area contributed by atoms with E-state index in [4.69, 9.17) is 0 Å². The molecule has 1 aromatic heterocycles. The maximum absolute atomic E-state index is 4.12. The van der Waals surface area contributed by atoms with E-state index in [1.165, 1.54) is 11.3 Å². The first kappa shape index (κ1) is 8.47. The maximum Gasteiger partial charge on any atom is 0.132 e. The molecule has 2 aromatic rings. The normalized spacial score (nSPS) is 14.3. The molecule has 76 valence electrons. The lowest BCUT2D eigenvalue weighted by Gasteiger charge is -2.17. The van der Waals surface area contributed by atoms with Crippen molar-refractivity contribution in [2.45, 2.75) is 13.1 Å². The molecule has 1 aliphatic heterocycles. The molecule has 0 amide bonds. The van der Waals surface area contributed by atoms with Crippen LogP contribution in [0.3, 0.4) is 0 Å². The van der Waals surface area contributed by atoms with Crippen LogP contribution in [0.25, 0.3) is 0 Å². The van der Waals surface area contributed by atoms with Gasteiger partial charge < -0.3 is 4.90 Å². The first-order valence-corrected chi connectivity index (χ1v) is 5.10. The smallest absolute Gasteiger partial charge is 0.132 e. The molecule has 2 heterocycles. The molecule has 1 aromatic carbocycles. The Bertz CT molecular complexity index is 449. The predicted molar refractivity (Wildman–Crippen MR) is 57.5 cm³/mol. The number of para-hydroxylation sites is 1. The third-order valence-electron chi connectivity index (χ3n) is 2.75. The monoisotopic (exact) mass is 200 g/mol. The zero-order valence-corrected chi connectivity index (χ0v) is 8.37. The van der Waals surface area contributed by atoms with Gasteiger partial charge in [0.1, 0.15) is 6.67 Å². The van der Waals surface area contributed by atoms with Crippen molar-refractivity contribution in [1.29, 1.82) is 0 Å². The first-order chi connectivity index (χ1) is 7.43. The third-order valence-corrected chi connectivity index (χ3v) is 2.75. The Kier molecular flexibility index (Phi) is 1.91. The van der Waals surface area contributed by atoms with Crippen LogP contribution in [-0.2, 0) is 13.1 Å². The summed E-state index contributed by atoms with van der Waals surface area (Å²) in [4.78, 5) is 4.01. The highest BCUT2D eigenvalue weighted by molar-refractivity contribution is 5.57. The Labute approximate surface area is 88.1 Å². The second-order valence-corrected chi connectivity index (χ2v) is 3.68. The minimum Gasteiger partial charge on any atom is -0.350 e. The average molecular weight is 200 g/mol. The van der Waals surface area contributed by atoms with Crippen LogP contribution in [0.15, 0.2) is 36.7 Å². The van der Waals surface area contributed by atoms with Gasteiger partial charge in [-0.25, -0.2) is 0 Å². The summed E-state index contributed by atoms with van der Waals surface area (Å²) >= 11 is 0. The van der Waals surface area contributed by atoms with Crippen LogP contribution in [0, 0.1) is 0 Å². The highest BCUT2D eigenvalue weighted by atomic mass is 15.5. The average Bonchev–Trinajstić information content (AvgIpc) is 2.89. The fourth-order valence-electron chi connectivity index (χ4n) is 2.02. The molecule has 15 heavy (non-hydrogen) atoms. The predicted octanol–water partition coefficient (Wildman–Crippen LogP) is 1.30. The van der Waals surface area contributed by atoms with Crippen LogP contribution >= 0.6 is 0 Å². The summed E-state index contributed by atoms with van der Waals surface area (Å²) in [6.45, 7) is 1.80. The minimum absolute atomic E-state index is 0.740. The van der Waals surface area contributed by atoms with Crippen LogP contribution in [0.5, 0.6) is 0 Å². The van der Waals surface area contributed by atoms with Gasteiger partial charge in [-0.05, 0) is 18.1 Å². The third kappa shape index (κ3) is 1.48. The molecule has 0 N–H and O–H groups in total. The zero-order chi connectivity index (χ0) is 10.1. The Morgan fingerprint density at radius 2 is 1.93 bits per heavy atom. The fourth-order valence-corrected chi connectivity index (χ4v) is 2.02.